The molecule has 1 fully saturated rings. The first kappa shape index (κ1) is 21.6. The molecule has 0 unspecified atom stereocenters. The fourth-order valence-corrected chi connectivity index (χ4v) is 3.71. The number of nitrogens with zero attached hydrogens (tertiary/aromatic N) is 1. The van der Waals surface area contributed by atoms with Gasteiger partial charge >= 0.3 is 11.8 Å². The van der Waals surface area contributed by atoms with Gasteiger partial charge in [-0.05, 0) is 55.2 Å². The number of hydrogen-bond donors (Lipinski definition) is 3. The van der Waals surface area contributed by atoms with E-state index in [1.54, 1.807) is 47.4 Å². The molecule has 0 spiro atoms. The Morgan fingerprint density at radius 2 is 1.91 bits per heavy atom. The van der Waals surface area contributed by atoms with Crippen LogP contribution in [0, 0.1) is 0 Å². The van der Waals surface area contributed by atoms with Gasteiger partial charge in [0.15, 0.2) is 11.5 Å². The van der Waals surface area contributed by atoms with Crippen molar-refractivity contribution in [3.05, 3.63) is 48.0 Å². The van der Waals surface area contributed by atoms with Gasteiger partial charge in [-0.2, -0.15) is 0 Å². The number of rotatable bonds is 6. The van der Waals surface area contributed by atoms with Gasteiger partial charge in [0.05, 0.1) is 6.10 Å². The van der Waals surface area contributed by atoms with Gasteiger partial charge in [0.25, 0.3) is 0 Å². The van der Waals surface area contributed by atoms with E-state index in [0.29, 0.717) is 41.4 Å². The minimum atomic E-state index is -0.827. The number of carbonyl (C=O) groups is 3. The van der Waals surface area contributed by atoms with E-state index in [4.69, 9.17) is 9.47 Å². The van der Waals surface area contributed by atoms with Crippen LogP contribution in [-0.2, 0) is 14.4 Å². The van der Waals surface area contributed by atoms with Crippen LogP contribution in [0.5, 0.6) is 11.5 Å². The summed E-state index contributed by atoms with van der Waals surface area (Å²) >= 11 is 0. The van der Waals surface area contributed by atoms with Crippen LogP contribution in [0.4, 0.5) is 11.4 Å². The molecule has 1 atom stereocenters. The molecule has 2 aromatic carbocycles. The first-order valence-electron chi connectivity index (χ1n) is 10.6. The van der Waals surface area contributed by atoms with E-state index in [1.165, 1.54) is 0 Å². The number of benzene rings is 2. The lowest BCUT2D eigenvalue weighted by molar-refractivity contribution is -0.136. The Morgan fingerprint density at radius 3 is 2.75 bits per heavy atom. The molecule has 0 aromatic heterocycles. The second-order valence-electron chi connectivity index (χ2n) is 7.68. The van der Waals surface area contributed by atoms with Crippen molar-refractivity contribution < 1.29 is 29.0 Å². The highest BCUT2D eigenvalue weighted by molar-refractivity contribution is 6.39. The molecule has 0 bridgehead atoms. The molecular weight excluding hydrogens is 414 g/mol. The van der Waals surface area contributed by atoms with Crippen molar-refractivity contribution in [1.29, 1.82) is 0 Å². The molecule has 2 aromatic rings. The molecule has 1 saturated heterocycles. The summed E-state index contributed by atoms with van der Waals surface area (Å²) in [6.45, 7) is 0.907. The molecular formula is C23H25N3O6. The Hall–Kier alpha value is -3.59. The lowest BCUT2D eigenvalue weighted by atomic mass is 10.1. The van der Waals surface area contributed by atoms with Crippen molar-refractivity contribution in [1.82, 2.24) is 5.32 Å². The number of hydrogen-bond acceptors (Lipinski definition) is 6. The highest BCUT2D eigenvalue weighted by Gasteiger charge is 2.21. The number of fused-ring (bicyclic) bond motifs is 1. The van der Waals surface area contributed by atoms with Gasteiger partial charge in [-0.25, -0.2) is 0 Å². The van der Waals surface area contributed by atoms with Gasteiger partial charge in [0.2, 0.25) is 12.7 Å². The molecule has 2 aliphatic rings. The summed E-state index contributed by atoms with van der Waals surface area (Å²) in [7, 11) is 0. The van der Waals surface area contributed by atoms with Crippen LogP contribution in [0.15, 0.2) is 42.5 Å². The highest BCUT2D eigenvalue weighted by atomic mass is 16.7. The Bertz CT molecular complexity index is 1020. The van der Waals surface area contributed by atoms with Crippen LogP contribution in [0.25, 0.3) is 0 Å². The minimum absolute atomic E-state index is 0.0542. The fraction of sp³-hybridized carbons (Fsp3) is 0.348. The predicted molar refractivity (Wildman–Crippen MR) is 116 cm³/mol. The molecule has 168 valence electrons. The number of ether oxygens (including phenoxy) is 2. The molecule has 4 rings (SSSR count). The lowest BCUT2D eigenvalue weighted by Crippen LogP contribution is -2.36. The first-order valence-corrected chi connectivity index (χ1v) is 10.6. The summed E-state index contributed by atoms with van der Waals surface area (Å²) in [5, 5.41) is 15.4. The Kier molecular flexibility index (Phi) is 6.55. The molecule has 2 heterocycles. The number of amides is 3. The smallest absolute Gasteiger partial charge is 0.313 e. The topological polar surface area (TPSA) is 117 Å². The molecule has 3 amide bonds. The number of piperidine rings is 1. The summed E-state index contributed by atoms with van der Waals surface area (Å²) in [6.07, 6.45) is 1.73. The fourth-order valence-electron chi connectivity index (χ4n) is 3.71. The Balaban J connectivity index is 1.26. The molecule has 9 heteroatoms. The molecule has 32 heavy (non-hydrogen) atoms. The van der Waals surface area contributed by atoms with Crippen LogP contribution in [0.2, 0.25) is 0 Å². The number of nitrogens with one attached hydrogen (secondary N) is 2. The van der Waals surface area contributed by atoms with E-state index in [2.05, 4.69) is 10.6 Å². The maximum Gasteiger partial charge on any atom is 0.313 e. The van der Waals surface area contributed by atoms with Crippen molar-refractivity contribution in [3.63, 3.8) is 0 Å². The third kappa shape index (κ3) is 5.00. The van der Waals surface area contributed by atoms with E-state index >= 15 is 0 Å². The molecule has 0 saturated carbocycles. The quantitative estimate of drug-likeness (QED) is 0.594. The summed E-state index contributed by atoms with van der Waals surface area (Å²) in [5.41, 5.74) is 1.76. The van der Waals surface area contributed by atoms with E-state index in [0.717, 1.165) is 12.8 Å². The summed E-state index contributed by atoms with van der Waals surface area (Å²) in [6, 6.07) is 12.0. The van der Waals surface area contributed by atoms with E-state index in [9.17, 15) is 19.5 Å². The van der Waals surface area contributed by atoms with Crippen LogP contribution >= 0.6 is 0 Å². The highest BCUT2D eigenvalue weighted by Crippen LogP contribution is 2.34. The van der Waals surface area contributed by atoms with Gasteiger partial charge in [0.1, 0.15) is 0 Å². The van der Waals surface area contributed by atoms with Gasteiger partial charge in [-0.1, -0.05) is 12.1 Å². The average Bonchev–Trinajstić information content (AvgIpc) is 3.27. The SMILES string of the molecule is O=C(NCC[C@H](O)c1ccc2c(c1)OCO2)C(=O)Nc1cccc(N2CCCCC2=O)c1. The summed E-state index contributed by atoms with van der Waals surface area (Å²) in [4.78, 5) is 38.2. The number of aliphatic hydroxyl groups excluding tert-OH is 1. The second kappa shape index (κ2) is 9.69. The van der Waals surface area contributed by atoms with Gasteiger partial charge in [-0.3, -0.25) is 14.4 Å². The number of carbonyl (C=O) groups excluding carboxylic acids is 3. The zero-order valence-corrected chi connectivity index (χ0v) is 17.5. The van der Waals surface area contributed by atoms with Crippen molar-refractivity contribution in [3.8, 4) is 11.5 Å². The van der Waals surface area contributed by atoms with Gasteiger partial charge in [-0.15, -0.1) is 0 Å². The Morgan fingerprint density at radius 1 is 1.06 bits per heavy atom. The van der Waals surface area contributed by atoms with Crippen molar-refractivity contribution in [2.24, 2.45) is 0 Å². The predicted octanol–water partition coefficient (Wildman–Crippen LogP) is 2.11. The van der Waals surface area contributed by atoms with Gasteiger partial charge < -0.3 is 30.1 Å². The van der Waals surface area contributed by atoms with Crippen LogP contribution < -0.4 is 25.0 Å². The molecule has 9 nitrogen and oxygen atoms in total. The molecule has 2 aliphatic heterocycles. The van der Waals surface area contributed by atoms with Crippen molar-refractivity contribution in [2.45, 2.75) is 31.8 Å². The second-order valence-corrected chi connectivity index (χ2v) is 7.68. The van der Waals surface area contributed by atoms with Crippen molar-refractivity contribution in [2.75, 3.05) is 30.1 Å². The zero-order valence-electron chi connectivity index (χ0n) is 17.5. The van der Waals surface area contributed by atoms with Crippen LogP contribution in [-0.4, -0.2) is 42.7 Å². The molecule has 0 aliphatic carbocycles. The summed E-state index contributed by atoms with van der Waals surface area (Å²) in [5.74, 6) is -0.372. The zero-order chi connectivity index (χ0) is 22.5. The number of anilines is 2. The van der Waals surface area contributed by atoms with E-state index in [-0.39, 0.29) is 25.7 Å². The third-order valence-electron chi connectivity index (χ3n) is 5.43. The first-order chi connectivity index (χ1) is 15.5. The maximum absolute atomic E-state index is 12.2. The molecule has 3 N–H and O–H groups in total. The van der Waals surface area contributed by atoms with Gasteiger partial charge in [0, 0.05) is 30.9 Å². The van der Waals surface area contributed by atoms with Crippen LogP contribution in [0.1, 0.15) is 37.4 Å². The third-order valence-corrected chi connectivity index (χ3v) is 5.43. The van der Waals surface area contributed by atoms with Crippen molar-refractivity contribution >= 4 is 29.1 Å². The van der Waals surface area contributed by atoms with E-state index in [1.807, 2.05) is 0 Å². The van der Waals surface area contributed by atoms with Crippen LogP contribution in [0.3, 0.4) is 0 Å². The minimum Gasteiger partial charge on any atom is -0.454 e. The van der Waals surface area contributed by atoms with E-state index < -0.39 is 17.9 Å². The normalized spacial score (nSPS) is 15.9. The summed E-state index contributed by atoms with van der Waals surface area (Å²) < 4.78 is 10.5. The standard InChI is InChI=1S/C23H25N3O6/c27-18(15-7-8-19-20(12-15)32-14-31-19)9-10-24-22(29)23(30)25-16-4-3-5-17(13-16)26-11-2-1-6-21(26)28/h3-5,7-8,12-13,18,27H,1-2,6,9-11,14H2,(H,24,29)(H,25,30)/t18-/m0/s1. The lowest BCUT2D eigenvalue weighted by Gasteiger charge is -2.27. The Labute approximate surface area is 185 Å². The molecule has 0 radical (unpaired) electrons. The monoisotopic (exact) mass is 439 g/mol. The average molecular weight is 439 g/mol. The maximum atomic E-state index is 12.2. The number of aliphatic hydroxyl groups is 1. The largest absolute Gasteiger partial charge is 0.454 e.